The van der Waals surface area contributed by atoms with E-state index >= 15 is 0 Å². The Morgan fingerprint density at radius 3 is 2.23 bits per heavy atom. The summed E-state index contributed by atoms with van der Waals surface area (Å²) in [5.74, 6) is -0.821. The number of carbonyl (C=O) groups excluding carboxylic acids is 3. The topological polar surface area (TPSA) is 82.1 Å². The third-order valence-corrected chi connectivity index (χ3v) is 6.74. The van der Waals surface area contributed by atoms with Crippen molar-refractivity contribution in [2.45, 2.75) is 91.4 Å². The number of ether oxygens (including phenoxy) is 3. The van der Waals surface area contributed by atoms with Crippen LogP contribution in [-0.4, -0.2) is 46.9 Å². The van der Waals surface area contributed by atoms with Crippen LogP contribution in [0.3, 0.4) is 0 Å². The van der Waals surface area contributed by atoms with Gasteiger partial charge in [0.05, 0.1) is 5.41 Å². The van der Waals surface area contributed by atoms with Crippen LogP contribution >= 0.6 is 11.6 Å². The van der Waals surface area contributed by atoms with Crippen LogP contribution < -0.4 is 0 Å². The number of hydrogen-bond acceptors (Lipinski definition) is 6. The third-order valence-electron chi connectivity index (χ3n) is 6.50. The molecule has 1 aliphatic rings. The van der Waals surface area contributed by atoms with Crippen LogP contribution in [0.25, 0.3) is 11.1 Å². The Labute approximate surface area is 240 Å². The number of rotatable bonds is 7. The maximum absolute atomic E-state index is 14.4. The van der Waals surface area contributed by atoms with Crippen LogP contribution in [0.5, 0.6) is 0 Å². The van der Waals surface area contributed by atoms with Crippen molar-refractivity contribution in [3.63, 3.8) is 0 Å². The summed E-state index contributed by atoms with van der Waals surface area (Å²) in [5, 5.41) is 0.429. The number of benzene rings is 2. The Morgan fingerprint density at radius 1 is 1.02 bits per heavy atom. The molecule has 2 aromatic carbocycles. The zero-order valence-electron chi connectivity index (χ0n) is 24.3. The zero-order chi connectivity index (χ0) is 29.9. The smallest absolute Gasteiger partial charge is 0.443 e. The number of hydrogen-bond donors (Lipinski definition) is 0. The maximum Gasteiger partial charge on any atom is 0.508 e. The minimum Gasteiger partial charge on any atom is -0.443 e. The molecule has 9 heteroatoms. The Kier molecular flexibility index (Phi) is 9.55. The van der Waals surface area contributed by atoms with Crippen LogP contribution in [0.4, 0.5) is 14.0 Å². The number of halogens is 2. The van der Waals surface area contributed by atoms with Crippen molar-refractivity contribution in [2.75, 3.05) is 6.61 Å². The van der Waals surface area contributed by atoms with Gasteiger partial charge >= 0.3 is 12.2 Å². The number of imide groups is 1. The van der Waals surface area contributed by atoms with Gasteiger partial charge in [-0.05, 0) is 90.1 Å². The van der Waals surface area contributed by atoms with Crippen molar-refractivity contribution in [1.29, 1.82) is 0 Å². The van der Waals surface area contributed by atoms with Gasteiger partial charge in [0.25, 0.3) is 0 Å². The molecule has 3 rings (SSSR count). The monoisotopic (exact) mass is 575 g/mol. The molecule has 1 saturated heterocycles. The first-order valence-electron chi connectivity index (χ1n) is 13.5. The fraction of sp³-hybridized carbons (Fsp3) is 0.516. The molecule has 0 aliphatic carbocycles. The molecule has 0 aromatic heterocycles. The van der Waals surface area contributed by atoms with Gasteiger partial charge in [0, 0.05) is 16.6 Å². The molecule has 40 heavy (non-hydrogen) atoms. The lowest BCUT2D eigenvalue weighted by atomic mass is 9.80. The Morgan fingerprint density at radius 2 is 1.65 bits per heavy atom. The quantitative estimate of drug-likeness (QED) is 0.311. The Balaban J connectivity index is 1.89. The number of nitrogens with zero attached hydrogens (tertiary/aromatic N) is 1. The average molecular weight is 576 g/mol. The van der Waals surface area contributed by atoms with Crippen LogP contribution in [0.2, 0.25) is 5.02 Å². The predicted molar refractivity (Wildman–Crippen MR) is 152 cm³/mol. The molecule has 2 unspecified atom stereocenters. The molecular formula is C31H39ClFNO6. The molecule has 0 radical (unpaired) electrons. The lowest BCUT2D eigenvalue weighted by molar-refractivity contribution is -0.138. The molecule has 0 saturated carbocycles. The first-order chi connectivity index (χ1) is 18.5. The van der Waals surface area contributed by atoms with E-state index in [1.807, 2.05) is 19.1 Å². The predicted octanol–water partition coefficient (Wildman–Crippen LogP) is 7.96. The molecule has 2 amide bonds. The van der Waals surface area contributed by atoms with Crippen LogP contribution in [0.1, 0.15) is 73.3 Å². The van der Waals surface area contributed by atoms with E-state index in [2.05, 4.69) is 0 Å². The summed E-state index contributed by atoms with van der Waals surface area (Å²) in [7, 11) is 0. The van der Waals surface area contributed by atoms with Gasteiger partial charge in [0.2, 0.25) is 5.91 Å². The van der Waals surface area contributed by atoms with E-state index in [-0.39, 0.29) is 18.8 Å². The fourth-order valence-corrected chi connectivity index (χ4v) is 5.10. The second kappa shape index (κ2) is 12.2. The molecule has 0 bridgehead atoms. The van der Waals surface area contributed by atoms with Crippen LogP contribution in [0.15, 0.2) is 42.5 Å². The normalized spacial score (nSPS) is 19.5. The van der Waals surface area contributed by atoms with Gasteiger partial charge in [-0.25, -0.2) is 18.9 Å². The second-order valence-corrected chi connectivity index (χ2v) is 12.8. The van der Waals surface area contributed by atoms with E-state index in [4.69, 9.17) is 25.8 Å². The van der Waals surface area contributed by atoms with Crippen molar-refractivity contribution in [2.24, 2.45) is 5.41 Å². The highest BCUT2D eigenvalue weighted by atomic mass is 35.5. The van der Waals surface area contributed by atoms with Crippen molar-refractivity contribution >= 4 is 29.8 Å². The van der Waals surface area contributed by atoms with Gasteiger partial charge in [-0.2, -0.15) is 0 Å². The molecule has 2 atom stereocenters. The molecule has 1 heterocycles. The fourth-order valence-electron chi connectivity index (χ4n) is 4.93. The number of carbonyl (C=O) groups is 3. The summed E-state index contributed by atoms with van der Waals surface area (Å²) >= 11 is 6.06. The largest absolute Gasteiger partial charge is 0.508 e. The molecule has 2 aromatic rings. The van der Waals surface area contributed by atoms with Crippen molar-refractivity contribution < 1.29 is 33.0 Å². The second-order valence-electron chi connectivity index (χ2n) is 12.3. The van der Waals surface area contributed by atoms with Crippen LogP contribution in [0, 0.1) is 11.2 Å². The van der Waals surface area contributed by atoms with E-state index in [9.17, 15) is 18.8 Å². The lowest BCUT2D eigenvalue weighted by Crippen LogP contribution is -2.46. The molecular weight excluding hydrogens is 537 g/mol. The Bertz CT molecular complexity index is 1230. The van der Waals surface area contributed by atoms with E-state index in [1.165, 1.54) is 17.0 Å². The molecule has 0 N–H and O–H groups in total. The SMILES string of the molecule is CCCC1(COC(=O)OC(C)(C)C)CC(Cc2ccc(-c3cc(Cl)ccc3F)cc2)N(C(=O)OC(C)(C)C)C1=O. The van der Waals surface area contributed by atoms with E-state index in [0.29, 0.717) is 35.4 Å². The standard InChI is InChI=1S/C31H39ClFNO6/c1-8-15-31(19-38-28(37)40-30(5,6)7)18-23(34(26(31)35)27(36)39-29(2,3)4)16-20-9-11-21(12-10-20)24-17-22(32)13-14-25(24)33/h9-14,17,23H,8,15-16,18-19H2,1-7H3. The molecule has 7 nitrogen and oxygen atoms in total. The van der Waals surface area contributed by atoms with Crippen LogP contribution in [-0.2, 0) is 25.4 Å². The van der Waals surface area contributed by atoms with E-state index in [1.54, 1.807) is 59.7 Å². The summed E-state index contributed by atoms with van der Waals surface area (Å²) in [6, 6.07) is 11.1. The van der Waals surface area contributed by atoms with Crippen molar-refractivity contribution in [3.8, 4) is 11.1 Å². The molecule has 218 valence electrons. The highest BCUT2D eigenvalue weighted by Crippen LogP contribution is 2.43. The zero-order valence-corrected chi connectivity index (χ0v) is 25.1. The van der Waals surface area contributed by atoms with Gasteiger partial charge in [-0.1, -0.05) is 49.2 Å². The highest BCUT2D eigenvalue weighted by molar-refractivity contribution is 6.30. The third kappa shape index (κ3) is 7.96. The summed E-state index contributed by atoms with van der Waals surface area (Å²) in [6.45, 7) is 12.1. The van der Waals surface area contributed by atoms with Gasteiger partial charge in [0.1, 0.15) is 23.6 Å². The average Bonchev–Trinajstić information content (AvgIpc) is 3.09. The van der Waals surface area contributed by atoms with Gasteiger partial charge < -0.3 is 14.2 Å². The number of likely N-dealkylation sites (tertiary alicyclic amines) is 1. The first kappa shape index (κ1) is 31.4. The summed E-state index contributed by atoms with van der Waals surface area (Å²) in [4.78, 5) is 40.7. The highest BCUT2D eigenvalue weighted by Gasteiger charge is 2.55. The summed E-state index contributed by atoms with van der Waals surface area (Å²) in [6.07, 6.45) is 0.0747. The van der Waals surface area contributed by atoms with Crippen molar-refractivity contribution in [3.05, 3.63) is 58.9 Å². The van der Waals surface area contributed by atoms with E-state index in [0.717, 1.165) is 5.56 Å². The molecule has 0 spiro atoms. The molecule has 1 fully saturated rings. The minimum atomic E-state index is -1.10. The van der Waals surface area contributed by atoms with E-state index < -0.39 is 40.8 Å². The maximum atomic E-state index is 14.4. The minimum absolute atomic E-state index is 0.211. The lowest BCUT2D eigenvalue weighted by Gasteiger charge is -2.29. The number of amides is 2. The first-order valence-corrected chi connectivity index (χ1v) is 13.9. The summed E-state index contributed by atoms with van der Waals surface area (Å²) in [5.41, 5.74) is -0.782. The van der Waals surface area contributed by atoms with Crippen molar-refractivity contribution in [1.82, 2.24) is 4.90 Å². The van der Waals surface area contributed by atoms with Gasteiger partial charge in [-0.15, -0.1) is 0 Å². The van der Waals surface area contributed by atoms with Gasteiger partial charge in [0.15, 0.2) is 0 Å². The Hall–Kier alpha value is -3.13. The molecule has 1 aliphatic heterocycles. The van der Waals surface area contributed by atoms with Gasteiger partial charge in [-0.3, -0.25) is 4.79 Å². The summed E-state index contributed by atoms with van der Waals surface area (Å²) < 4.78 is 30.7.